The Labute approximate surface area is 102 Å². The topological polar surface area (TPSA) is 60.9 Å². The van der Waals surface area contributed by atoms with Crippen LogP contribution in [0.5, 0.6) is 0 Å². The first-order valence-electron chi connectivity index (χ1n) is 5.91. The molecule has 1 fully saturated rings. The van der Waals surface area contributed by atoms with E-state index in [4.69, 9.17) is 5.11 Å². The number of carboxylic acids is 1. The number of carbonyl (C=O) groups excluding carboxylic acids is 1. The Kier molecular flexibility index (Phi) is 4.14. The quantitative estimate of drug-likeness (QED) is 0.786. The third kappa shape index (κ3) is 3.43. The molecule has 17 heavy (non-hydrogen) atoms. The number of nitrogens with zero attached hydrogens (tertiary/aromatic N) is 2. The molecule has 98 valence electrons. The van der Waals surface area contributed by atoms with Crippen LogP contribution in [0.2, 0.25) is 0 Å². The average molecular weight is 242 g/mol. The van der Waals surface area contributed by atoms with Gasteiger partial charge in [0.05, 0.1) is 5.41 Å². The smallest absolute Gasteiger partial charge is 0.309 e. The Hall–Kier alpha value is -1.10. The van der Waals surface area contributed by atoms with E-state index < -0.39 is 11.4 Å². The molecule has 0 aliphatic carbocycles. The van der Waals surface area contributed by atoms with Gasteiger partial charge in [-0.1, -0.05) is 0 Å². The highest BCUT2D eigenvalue weighted by Gasteiger charge is 2.34. The first-order chi connectivity index (χ1) is 7.74. The van der Waals surface area contributed by atoms with Crippen molar-refractivity contribution in [1.82, 2.24) is 9.80 Å². The second kappa shape index (κ2) is 5.04. The zero-order valence-corrected chi connectivity index (χ0v) is 11.1. The van der Waals surface area contributed by atoms with Gasteiger partial charge in [-0.25, -0.2) is 0 Å². The minimum Gasteiger partial charge on any atom is -0.481 e. The second-order valence-corrected chi connectivity index (χ2v) is 5.58. The number of rotatable bonds is 4. The van der Waals surface area contributed by atoms with Gasteiger partial charge in [-0.2, -0.15) is 0 Å². The van der Waals surface area contributed by atoms with Crippen molar-refractivity contribution in [2.45, 2.75) is 32.7 Å². The van der Waals surface area contributed by atoms with Gasteiger partial charge in [0.1, 0.15) is 0 Å². The van der Waals surface area contributed by atoms with Gasteiger partial charge in [-0.05, 0) is 33.9 Å². The SMILES string of the molecule is CN1CCC(N(C)C(=O)CC(C)(C)C(=O)O)C1. The molecule has 5 heteroatoms. The molecule has 0 aromatic carbocycles. The summed E-state index contributed by atoms with van der Waals surface area (Å²) in [6.07, 6.45) is 1.02. The highest BCUT2D eigenvalue weighted by molar-refractivity contribution is 5.84. The minimum absolute atomic E-state index is 0.0546. The van der Waals surface area contributed by atoms with Crippen LogP contribution in [0.25, 0.3) is 0 Å². The molecule has 1 rings (SSSR count). The highest BCUT2D eigenvalue weighted by Crippen LogP contribution is 2.23. The summed E-state index contributed by atoms with van der Waals surface area (Å²) in [6.45, 7) is 5.03. The van der Waals surface area contributed by atoms with Crippen LogP contribution < -0.4 is 0 Å². The summed E-state index contributed by atoms with van der Waals surface area (Å²) in [5.41, 5.74) is -0.990. The van der Waals surface area contributed by atoms with Crippen molar-refractivity contribution < 1.29 is 14.7 Å². The van der Waals surface area contributed by atoms with Crippen LogP contribution in [-0.2, 0) is 9.59 Å². The number of likely N-dealkylation sites (tertiary alicyclic amines) is 1. The fourth-order valence-electron chi connectivity index (χ4n) is 2.01. The normalized spacial score (nSPS) is 21.5. The average Bonchev–Trinajstić information content (AvgIpc) is 2.62. The summed E-state index contributed by atoms with van der Waals surface area (Å²) < 4.78 is 0. The van der Waals surface area contributed by atoms with Gasteiger partial charge in [0.2, 0.25) is 5.91 Å². The van der Waals surface area contributed by atoms with Crippen LogP contribution >= 0.6 is 0 Å². The number of aliphatic carboxylic acids is 1. The molecular formula is C12H22N2O3. The molecule has 0 aromatic rings. The zero-order chi connectivity index (χ0) is 13.2. The van der Waals surface area contributed by atoms with E-state index in [2.05, 4.69) is 4.90 Å². The number of carbonyl (C=O) groups is 2. The van der Waals surface area contributed by atoms with E-state index in [-0.39, 0.29) is 18.4 Å². The zero-order valence-electron chi connectivity index (χ0n) is 11.1. The van der Waals surface area contributed by atoms with E-state index in [1.54, 1.807) is 25.8 Å². The van der Waals surface area contributed by atoms with Gasteiger partial charge in [0.15, 0.2) is 0 Å². The standard InChI is InChI=1S/C12H22N2O3/c1-12(2,11(16)17)7-10(15)14(4)9-5-6-13(3)8-9/h9H,5-8H2,1-4H3,(H,16,17). The first kappa shape index (κ1) is 14.0. The fraction of sp³-hybridized carbons (Fsp3) is 0.833. The molecule has 1 unspecified atom stereocenters. The Morgan fingerprint density at radius 3 is 2.47 bits per heavy atom. The first-order valence-corrected chi connectivity index (χ1v) is 5.91. The van der Waals surface area contributed by atoms with Crippen LogP contribution in [0.15, 0.2) is 0 Å². The third-order valence-corrected chi connectivity index (χ3v) is 3.48. The maximum Gasteiger partial charge on any atom is 0.309 e. The van der Waals surface area contributed by atoms with Crippen molar-refractivity contribution in [2.75, 3.05) is 27.2 Å². The number of carboxylic acid groups (broad SMARTS) is 1. The number of hydrogen-bond donors (Lipinski definition) is 1. The Bertz CT molecular complexity index is 315. The van der Waals surface area contributed by atoms with Gasteiger partial charge in [-0.3, -0.25) is 9.59 Å². The van der Waals surface area contributed by atoms with E-state index >= 15 is 0 Å². The van der Waals surface area contributed by atoms with E-state index in [1.165, 1.54) is 0 Å². The summed E-state index contributed by atoms with van der Waals surface area (Å²) in [5, 5.41) is 9.00. The van der Waals surface area contributed by atoms with Crippen LogP contribution in [-0.4, -0.2) is 60.0 Å². The van der Waals surface area contributed by atoms with E-state index in [0.29, 0.717) is 0 Å². The van der Waals surface area contributed by atoms with Crippen molar-refractivity contribution in [2.24, 2.45) is 5.41 Å². The van der Waals surface area contributed by atoms with E-state index in [9.17, 15) is 9.59 Å². The van der Waals surface area contributed by atoms with Gasteiger partial charge >= 0.3 is 5.97 Å². The lowest BCUT2D eigenvalue weighted by Gasteiger charge is -2.28. The molecule has 1 N–H and O–H groups in total. The minimum atomic E-state index is -0.990. The predicted molar refractivity (Wildman–Crippen MR) is 64.7 cm³/mol. The lowest BCUT2D eigenvalue weighted by molar-refractivity contribution is -0.151. The van der Waals surface area contributed by atoms with Crippen molar-refractivity contribution in [1.29, 1.82) is 0 Å². The monoisotopic (exact) mass is 242 g/mol. The molecule has 1 aliphatic rings. The largest absolute Gasteiger partial charge is 0.481 e. The third-order valence-electron chi connectivity index (χ3n) is 3.48. The highest BCUT2D eigenvalue weighted by atomic mass is 16.4. The molecule has 0 spiro atoms. The molecule has 1 aliphatic heterocycles. The van der Waals surface area contributed by atoms with E-state index in [1.807, 2.05) is 7.05 Å². The maximum absolute atomic E-state index is 12.0. The molecular weight excluding hydrogens is 220 g/mol. The van der Waals surface area contributed by atoms with Crippen molar-refractivity contribution in [3.05, 3.63) is 0 Å². The second-order valence-electron chi connectivity index (χ2n) is 5.58. The number of amides is 1. The fourth-order valence-corrected chi connectivity index (χ4v) is 2.01. The van der Waals surface area contributed by atoms with Gasteiger partial charge in [0.25, 0.3) is 0 Å². The van der Waals surface area contributed by atoms with Crippen LogP contribution in [0.4, 0.5) is 0 Å². The van der Waals surface area contributed by atoms with Crippen molar-refractivity contribution in [3.8, 4) is 0 Å². The summed E-state index contributed by atoms with van der Waals surface area (Å²) in [7, 11) is 3.80. The van der Waals surface area contributed by atoms with Crippen molar-refractivity contribution >= 4 is 11.9 Å². The maximum atomic E-state index is 12.0. The van der Waals surface area contributed by atoms with Gasteiger partial charge in [0, 0.05) is 26.1 Å². The molecule has 0 saturated carbocycles. The lowest BCUT2D eigenvalue weighted by atomic mass is 9.89. The molecule has 5 nitrogen and oxygen atoms in total. The number of likely N-dealkylation sites (N-methyl/N-ethyl adjacent to an activating group) is 2. The van der Waals surface area contributed by atoms with Crippen LogP contribution in [0.3, 0.4) is 0 Å². The summed E-state index contributed by atoms with van der Waals surface area (Å²) in [5.74, 6) is -1.01. The summed E-state index contributed by atoms with van der Waals surface area (Å²) in [4.78, 5) is 26.9. The molecule has 1 atom stereocenters. The predicted octanol–water partition coefficient (Wildman–Crippen LogP) is 0.650. The van der Waals surface area contributed by atoms with Gasteiger partial charge < -0.3 is 14.9 Å². The Morgan fingerprint density at radius 2 is 2.06 bits per heavy atom. The van der Waals surface area contributed by atoms with Crippen molar-refractivity contribution in [3.63, 3.8) is 0 Å². The molecule has 0 bridgehead atoms. The molecule has 1 heterocycles. The summed E-state index contributed by atoms with van der Waals surface area (Å²) in [6, 6.07) is 0.220. The Morgan fingerprint density at radius 1 is 1.47 bits per heavy atom. The van der Waals surface area contributed by atoms with E-state index in [0.717, 1.165) is 19.5 Å². The molecule has 1 saturated heterocycles. The Balaban J connectivity index is 2.56. The van der Waals surface area contributed by atoms with Crippen LogP contribution in [0, 0.1) is 5.41 Å². The van der Waals surface area contributed by atoms with Crippen LogP contribution in [0.1, 0.15) is 26.7 Å². The lowest BCUT2D eigenvalue weighted by Crippen LogP contribution is -2.41. The molecule has 0 aromatic heterocycles. The molecule has 1 amide bonds. The summed E-state index contributed by atoms with van der Waals surface area (Å²) >= 11 is 0. The number of hydrogen-bond acceptors (Lipinski definition) is 3. The van der Waals surface area contributed by atoms with Gasteiger partial charge in [-0.15, -0.1) is 0 Å². The molecule has 0 radical (unpaired) electrons.